The summed E-state index contributed by atoms with van der Waals surface area (Å²) in [4.78, 5) is 8.88. The Morgan fingerprint density at radius 3 is 2.58 bits per heavy atom. The van der Waals surface area contributed by atoms with Crippen LogP contribution in [0.25, 0.3) is 11.5 Å². The number of guanidine groups is 1. The summed E-state index contributed by atoms with van der Waals surface area (Å²) in [5.74, 6) is 1.03. The monoisotopic (exact) mass is 348 g/mol. The third-order valence-corrected chi connectivity index (χ3v) is 4.28. The van der Waals surface area contributed by atoms with Crippen LogP contribution in [0.1, 0.15) is 22.4 Å². The normalized spacial score (nSPS) is 11.6. The summed E-state index contributed by atoms with van der Waals surface area (Å²) < 4.78 is 5.56. The van der Waals surface area contributed by atoms with Gasteiger partial charge in [-0.15, -0.1) is 0 Å². The van der Waals surface area contributed by atoms with E-state index < -0.39 is 0 Å². The molecule has 0 saturated heterocycles. The van der Waals surface area contributed by atoms with E-state index in [1.165, 1.54) is 16.7 Å². The van der Waals surface area contributed by atoms with Gasteiger partial charge in [0, 0.05) is 24.2 Å². The number of nitrogens with zero attached hydrogens (tertiary/aromatic N) is 2. The number of hydrogen-bond donors (Lipinski definition) is 2. The molecule has 1 aromatic heterocycles. The highest BCUT2D eigenvalue weighted by Gasteiger charge is 2.06. The van der Waals surface area contributed by atoms with Crippen molar-refractivity contribution in [3.63, 3.8) is 0 Å². The van der Waals surface area contributed by atoms with Crippen LogP contribution in [0.3, 0.4) is 0 Å². The number of benzene rings is 2. The first-order chi connectivity index (χ1) is 12.5. The fourth-order valence-electron chi connectivity index (χ4n) is 2.55. The summed E-state index contributed by atoms with van der Waals surface area (Å²) >= 11 is 0. The molecule has 0 amide bonds. The zero-order valence-corrected chi connectivity index (χ0v) is 15.4. The first-order valence-corrected chi connectivity index (χ1v) is 8.67. The SMILES string of the molecule is Cc1ccc(-c2nc(CCN=C(N)Nc3ccc(C)c(C)c3)co2)cc1. The Hall–Kier alpha value is -3.08. The van der Waals surface area contributed by atoms with Gasteiger partial charge in [0.2, 0.25) is 5.89 Å². The summed E-state index contributed by atoms with van der Waals surface area (Å²) in [5.41, 5.74) is 12.4. The Balaban J connectivity index is 1.56. The van der Waals surface area contributed by atoms with Crippen molar-refractivity contribution in [2.45, 2.75) is 27.2 Å². The summed E-state index contributed by atoms with van der Waals surface area (Å²) in [6, 6.07) is 14.2. The zero-order chi connectivity index (χ0) is 18.5. The van der Waals surface area contributed by atoms with Crippen LogP contribution in [0.2, 0.25) is 0 Å². The van der Waals surface area contributed by atoms with Gasteiger partial charge < -0.3 is 15.5 Å². The molecule has 0 unspecified atom stereocenters. The van der Waals surface area contributed by atoms with E-state index in [1.807, 2.05) is 30.3 Å². The molecule has 0 aliphatic rings. The third-order valence-electron chi connectivity index (χ3n) is 4.28. The van der Waals surface area contributed by atoms with Crippen molar-refractivity contribution >= 4 is 11.6 Å². The quantitative estimate of drug-likeness (QED) is 0.534. The number of hydrogen-bond acceptors (Lipinski definition) is 3. The molecule has 0 spiro atoms. The molecule has 0 atom stereocenters. The van der Waals surface area contributed by atoms with Crippen molar-refractivity contribution in [2.75, 3.05) is 11.9 Å². The summed E-state index contributed by atoms with van der Waals surface area (Å²) in [6.45, 7) is 6.76. The molecule has 0 radical (unpaired) electrons. The van der Waals surface area contributed by atoms with E-state index in [0.29, 0.717) is 24.8 Å². The van der Waals surface area contributed by atoms with Crippen LogP contribution in [-0.4, -0.2) is 17.5 Å². The second kappa shape index (κ2) is 7.87. The first-order valence-electron chi connectivity index (χ1n) is 8.67. The van der Waals surface area contributed by atoms with Gasteiger partial charge in [-0.05, 0) is 56.2 Å². The molecule has 0 aliphatic heterocycles. The average Bonchev–Trinajstić information content (AvgIpc) is 3.08. The topological polar surface area (TPSA) is 76.4 Å². The standard InChI is InChI=1S/C21H24N4O/c1-14-4-7-17(8-5-14)20-24-19(13-26-20)10-11-23-21(22)25-18-9-6-15(2)16(3)12-18/h4-9,12-13H,10-11H2,1-3H3,(H3,22,23,25). The fraction of sp³-hybridized carbons (Fsp3) is 0.238. The van der Waals surface area contributed by atoms with E-state index in [4.69, 9.17) is 10.2 Å². The van der Waals surface area contributed by atoms with Crippen LogP contribution < -0.4 is 11.1 Å². The average molecular weight is 348 g/mol. The Labute approximate surface area is 154 Å². The van der Waals surface area contributed by atoms with E-state index in [2.05, 4.69) is 48.2 Å². The highest BCUT2D eigenvalue weighted by molar-refractivity contribution is 5.92. The van der Waals surface area contributed by atoms with Gasteiger partial charge in [0.05, 0.1) is 5.69 Å². The highest BCUT2D eigenvalue weighted by Crippen LogP contribution is 2.19. The number of aliphatic imine (C=N–C) groups is 1. The molecule has 3 N–H and O–H groups in total. The minimum atomic E-state index is 0.399. The maximum atomic E-state index is 5.96. The van der Waals surface area contributed by atoms with Gasteiger partial charge in [-0.3, -0.25) is 4.99 Å². The van der Waals surface area contributed by atoms with Crippen molar-refractivity contribution < 1.29 is 4.42 Å². The Morgan fingerprint density at radius 2 is 1.85 bits per heavy atom. The predicted molar refractivity (Wildman–Crippen MR) is 106 cm³/mol. The van der Waals surface area contributed by atoms with Gasteiger partial charge >= 0.3 is 0 Å². The molecule has 5 heteroatoms. The molecule has 3 rings (SSSR count). The Morgan fingerprint density at radius 1 is 1.08 bits per heavy atom. The van der Waals surface area contributed by atoms with Gasteiger partial charge in [0.25, 0.3) is 0 Å². The number of anilines is 1. The molecule has 0 bridgehead atoms. The van der Waals surface area contributed by atoms with Gasteiger partial charge in [0.1, 0.15) is 6.26 Å². The molecule has 0 fully saturated rings. The lowest BCUT2D eigenvalue weighted by molar-refractivity contribution is 0.572. The van der Waals surface area contributed by atoms with Crippen LogP contribution in [0.4, 0.5) is 5.69 Å². The van der Waals surface area contributed by atoms with Crippen LogP contribution >= 0.6 is 0 Å². The molecule has 26 heavy (non-hydrogen) atoms. The third kappa shape index (κ3) is 4.51. The first kappa shape index (κ1) is 17.7. The van der Waals surface area contributed by atoms with Crippen LogP contribution in [0.15, 0.2) is 58.1 Å². The number of aryl methyl sites for hydroxylation is 3. The van der Waals surface area contributed by atoms with Crippen molar-refractivity contribution in [2.24, 2.45) is 10.7 Å². The van der Waals surface area contributed by atoms with Crippen molar-refractivity contribution in [1.29, 1.82) is 0 Å². The molecule has 134 valence electrons. The minimum Gasteiger partial charge on any atom is -0.444 e. The van der Waals surface area contributed by atoms with Crippen LogP contribution in [0, 0.1) is 20.8 Å². The molecule has 5 nitrogen and oxygen atoms in total. The lowest BCUT2D eigenvalue weighted by Gasteiger charge is -2.07. The van der Waals surface area contributed by atoms with Gasteiger partial charge in [-0.1, -0.05) is 23.8 Å². The lowest BCUT2D eigenvalue weighted by atomic mass is 10.1. The zero-order valence-electron chi connectivity index (χ0n) is 15.4. The number of nitrogens with two attached hydrogens (primary N) is 1. The van der Waals surface area contributed by atoms with Gasteiger partial charge in [0.15, 0.2) is 5.96 Å². The molecule has 1 heterocycles. The van der Waals surface area contributed by atoms with Crippen LogP contribution in [-0.2, 0) is 6.42 Å². The second-order valence-electron chi connectivity index (χ2n) is 6.45. The number of oxazole rings is 1. The van der Waals surface area contributed by atoms with Crippen molar-refractivity contribution in [3.05, 3.63) is 71.1 Å². The number of nitrogens with one attached hydrogen (secondary N) is 1. The Kier molecular flexibility index (Phi) is 5.37. The number of rotatable bonds is 5. The summed E-state index contributed by atoms with van der Waals surface area (Å²) in [6.07, 6.45) is 2.35. The van der Waals surface area contributed by atoms with Gasteiger partial charge in [-0.2, -0.15) is 0 Å². The molecule has 3 aromatic rings. The maximum absolute atomic E-state index is 5.96. The molecular weight excluding hydrogens is 324 g/mol. The van der Waals surface area contributed by atoms with E-state index in [0.717, 1.165) is 16.9 Å². The predicted octanol–water partition coefficient (Wildman–Crippen LogP) is 4.24. The lowest BCUT2D eigenvalue weighted by Crippen LogP contribution is -2.23. The summed E-state index contributed by atoms with van der Waals surface area (Å²) in [7, 11) is 0. The smallest absolute Gasteiger partial charge is 0.226 e. The maximum Gasteiger partial charge on any atom is 0.226 e. The second-order valence-corrected chi connectivity index (χ2v) is 6.45. The Bertz CT molecular complexity index is 910. The van der Waals surface area contributed by atoms with Gasteiger partial charge in [-0.25, -0.2) is 4.98 Å². The number of aromatic nitrogens is 1. The summed E-state index contributed by atoms with van der Waals surface area (Å²) in [5, 5.41) is 3.12. The van der Waals surface area contributed by atoms with Crippen molar-refractivity contribution in [1.82, 2.24) is 4.98 Å². The molecule has 2 aromatic carbocycles. The van der Waals surface area contributed by atoms with E-state index in [-0.39, 0.29) is 0 Å². The van der Waals surface area contributed by atoms with Crippen LogP contribution in [0.5, 0.6) is 0 Å². The van der Waals surface area contributed by atoms with E-state index in [1.54, 1.807) is 6.26 Å². The van der Waals surface area contributed by atoms with Crippen molar-refractivity contribution in [3.8, 4) is 11.5 Å². The molecule has 0 aliphatic carbocycles. The molecule has 0 saturated carbocycles. The molecular formula is C21H24N4O. The largest absolute Gasteiger partial charge is 0.444 e. The van der Waals surface area contributed by atoms with E-state index >= 15 is 0 Å². The minimum absolute atomic E-state index is 0.399. The fourth-order valence-corrected chi connectivity index (χ4v) is 2.55. The highest BCUT2D eigenvalue weighted by atomic mass is 16.3. The van der Waals surface area contributed by atoms with E-state index in [9.17, 15) is 0 Å².